The summed E-state index contributed by atoms with van der Waals surface area (Å²) in [6.07, 6.45) is 3.82. The number of hydrogen-bond acceptors (Lipinski definition) is 3. The first-order chi connectivity index (χ1) is 12.8. The van der Waals surface area contributed by atoms with Crippen molar-refractivity contribution in [2.75, 3.05) is 5.32 Å². The van der Waals surface area contributed by atoms with E-state index in [4.69, 9.17) is 11.6 Å². The van der Waals surface area contributed by atoms with Crippen LogP contribution in [0.4, 0.5) is 11.4 Å². The fourth-order valence-electron chi connectivity index (χ4n) is 3.79. The summed E-state index contributed by atoms with van der Waals surface area (Å²) < 4.78 is 0. The van der Waals surface area contributed by atoms with Crippen LogP contribution < -0.4 is 5.32 Å². The van der Waals surface area contributed by atoms with E-state index < -0.39 is 0 Å². The van der Waals surface area contributed by atoms with Crippen molar-refractivity contribution in [3.05, 3.63) is 88.3 Å². The molecular formula is C21H13ClN4. The van der Waals surface area contributed by atoms with Crippen LogP contribution in [-0.4, -0.2) is 9.97 Å². The van der Waals surface area contributed by atoms with Gasteiger partial charge in [0.2, 0.25) is 0 Å². The molecule has 1 aliphatic rings. The first kappa shape index (κ1) is 15.0. The molecule has 26 heavy (non-hydrogen) atoms. The van der Waals surface area contributed by atoms with Gasteiger partial charge in [-0.2, -0.15) is 5.26 Å². The number of halogens is 1. The molecule has 5 rings (SSSR count). The predicted molar refractivity (Wildman–Crippen MR) is 103 cm³/mol. The highest BCUT2D eigenvalue weighted by Gasteiger charge is 2.31. The fourth-order valence-corrected chi connectivity index (χ4v) is 3.98. The highest BCUT2D eigenvalue weighted by Crippen LogP contribution is 2.47. The second-order valence-corrected chi connectivity index (χ2v) is 6.66. The molecule has 0 bridgehead atoms. The molecule has 1 atom stereocenters. The fraction of sp³-hybridized carbons (Fsp3) is 0.0476. The molecule has 0 saturated heterocycles. The highest BCUT2D eigenvalue weighted by molar-refractivity contribution is 6.31. The number of nitrogens with one attached hydrogen (secondary N) is 2. The van der Waals surface area contributed by atoms with Crippen LogP contribution >= 0.6 is 11.6 Å². The van der Waals surface area contributed by atoms with Gasteiger partial charge in [-0.25, -0.2) is 4.98 Å². The van der Waals surface area contributed by atoms with Crippen molar-refractivity contribution in [1.82, 2.24) is 9.97 Å². The van der Waals surface area contributed by atoms with E-state index in [1.54, 1.807) is 6.20 Å². The van der Waals surface area contributed by atoms with Gasteiger partial charge >= 0.3 is 0 Å². The number of rotatable bonds is 1. The van der Waals surface area contributed by atoms with Crippen molar-refractivity contribution >= 4 is 33.9 Å². The van der Waals surface area contributed by atoms with Crippen LogP contribution in [0.25, 0.3) is 10.9 Å². The molecular weight excluding hydrogens is 344 g/mol. The minimum atomic E-state index is -0.0320. The molecule has 2 N–H and O–H groups in total. The normalized spacial score (nSPS) is 15.0. The number of aromatic amines is 1. The number of para-hydroxylation sites is 2. The van der Waals surface area contributed by atoms with Gasteiger partial charge in [0.15, 0.2) is 0 Å². The largest absolute Gasteiger partial charge is 0.361 e. The van der Waals surface area contributed by atoms with Gasteiger partial charge in [0.05, 0.1) is 5.69 Å². The molecule has 1 unspecified atom stereocenters. The molecule has 0 spiro atoms. The van der Waals surface area contributed by atoms with E-state index in [1.165, 1.54) is 0 Å². The minimum absolute atomic E-state index is 0.0320. The van der Waals surface area contributed by atoms with Crippen molar-refractivity contribution in [2.24, 2.45) is 0 Å². The zero-order valence-electron chi connectivity index (χ0n) is 13.6. The molecule has 124 valence electrons. The summed E-state index contributed by atoms with van der Waals surface area (Å²) in [6.45, 7) is 0. The molecule has 0 radical (unpaired) electrons. The van der Waals surface area contributed by atoms with E-state index in [1.807, 2.05) is 36.5 Å². The summed E-state index contributed by atoms with van der Waals surface area (Å²) in [5.74, 6) is -0.0320. The molecule has 0 saturated carbocycles. The van der Waals surface area contributed by atoms with Gasteiger partial charge in [-0.05, 0) is 23.3 Å². The molecule has 1 aliphatic heterocycles. The summed E-state index contributed by atoms with van der Waals surface area (Å²) >= 11 is 6.18. The molecule has 5 heteroatoms. The van der Waals surface area contributed by atoms with Crippen LogP contribution in [0.15, 0.2) is 60.9 Å². The summed E-state index contributed by atoms with van der Waals surface area (Å²) in [5.41, 5.74) is 6.44. The van der Waals surface area contributed by atoms with Gasteiger partial charge in [-0.15, -0.1) is 0 Å². The molecule has 4 nitrogen and oxygen atoms in total. The second-order valence-electron chi connectivity index (χ2n) is 6.30. The van der Waals surface area contributed by atoms with E-state index in [0.717, 1.165) is 39.0 Å². The standard InChI is InChI=1S/C21H13ClN4/c22-21-14(9-23)20-16(11-25-21)19(13-6-2-4-8-18(13)26-20)15-10-24-17-7-3-1-5-12(15)17/h1-8,10-11,19,24,26H. The number of fused-ring (bicyclic) bond motifs is 3. The van der Waals surface area contributed by atoms with Crippen LogP contribution in [0.5, 0.6) is 0 Å². The van der Waals surface area contributed by atoms with E-state index in [2.05, 4.69) is 39.6 Å². The van der Waals surface area contributed by atoms with Crippen LogP contribution in [0, 0.1) is 11.3 Å². The van der Waals surface area contributed by atoms with E-state index in [-0.39, 0.29) is 11.1 Å². The molecule has 2 aromatic heterocycles. The second kappa shape index (κ2) is 5.62. The number of hydrogen-bond donors (Lipinski definition) is 2. The maximum absolute atomic E-state index is 9.59. The number of pyridine rings is 1. The maximum atomic E-state index is 9.59. The third-order valence-electron chi connectivity index (χ3n) is 4.95. The number of H-pyrrole nitrogens is 1. The smallest absolute Gasteiger partial charge is 0.148 e. The monoisotopic (exact) mass is 356 g/mol. The van der Waals surface area contributed by atoms with Crippen LogP contribution in [0.3, 0.4) is 0 Å². The lowest BCUT2D eigenvalue weighted by atomic mass is 9.81. The Hall–Kier alpha value is -3.29. The van der Waals surface area contributed by atoms with Gasteiger partial charge in [-0.3, -0.25) is 0 Å². The third kappa shape index (κ3) is 2.05. The number of nitrogens with zero attached hydrogens (tertiary/aromatic N) is 2. The Bertz CT molecular complexity index is 1200. The summed E-state index contributed by atoms with van der Waals surface area (Å²) in [5, 5.41) is 14.4. The average molecular weight is 357 g/mol. The van der Waals surface area contributed by atoms with Crippen LogP contribution in [0.2, 0.25) is 5.15 Å². The first-order valence-electron chi connectivity index (χ1n) is 8.28. The minimum Gasteiger partial charge on any atom is -0.361 e. The quantitative estimate of drug-likeness (QED) is 0.399. The van der Waals surface area contributed by atoms with Crippen molar-refractivity contribution < 1.29 is 0 Å². The van der Waals surface area contributed by atoms with Crippen LogP contribution in [0.1, 0.15) is 28.2 Å². The van der Waals surface area contributed by atoms with Gasteiger partial charge in [0.1, 0.15) is 16.8 Å². The van der Waals surface area contributed by atoms with Gasteiger partial charge in [0.25, 0.3) is 0 Å². The van der Waals surface area contributed by atoms with Gasteiger partial charge in [0, 0.05) is 40.5 Å². The maximum Gasteiger partial charge on any atom is 0.148 e. The number of nitriles is 1. The Labute approximate surface area is 155 Å². The van der Waals surface area contributed by atoms with Gasteiger partial charge in [-0.1, -0.05) is 48.0 Å². The molecule has 0 amide bonds. The van der Waals surface area contributed by atoms with Crippen molar-refractivity contribution in [1.29, 1.82) is 5.26 Å². The van der Waals surface area contributed by atoms with Crippen molar-refractivity contribution in [3.8, 4) is 6.07 Å². The Morgan fingerprint density at radius 1 is 1.00 bits per heavy atom. The molecule has 4 aromatic rings. The lowest BCUT2D eigenvalue weighted by Gasteiger charge is -2.29. The van der Waals surface area contributed by atoms with Crippen molar-refractivity contribution in [3.63, 3.8) is 0 Å². The molecule has 2 aromatic carbocycles. The lowest BCUT2D eigenvalue weighted by Crippen LogP contribution is -2.15. The van der Waals surface area contributed by atoms with E-state index in [0.29, 0.717) is 5.56 Å². The highest BCUT2D eigenvalue weighted by atomic mass is 35.5. The third-order valence-corrected chi connectivity index (χ3v) is 5.24. The average Bonchev–Trinajstić information content (AvgIpc) is 3.10. The first-order valence-corrected chi connectivity index (χ1v) is 8.66. The SMILES string of the molecule is N#Cc1c(Cl)ncc2c1Nc1ccccc1C2c1c[nH]c2ccccc12. The Kier molecular flexibility index (Phi) is 3.24. The summed E-state index contributed by atoms with van der Waals surface area (Å²) in [4.78, 5) is 7.62. The Morgan fingerprint density at radius 3 is 2.69 bits per heavy atom. The van der Waals surface area contributed by atoms with E-state index in [9.17, 15) is 5.26 Å². The zero-order chi connectivity index (χ0) is 17.7. The van der Waals surface area contributed by atoms with Crippen molar-refractivity contribution in [2.45, 2.75) is 5.92 Å². The van der Waals surface area contributed by atoms with Crippen LogP contribution in [-0.2, 0) is 0 Å². The summed E-state index contributed by atoms with van der Waals surface area (Å²) in [7, 11) is 0. The topological polar surface area (TPSA) is 64.5 Å². The number of anilines is 2. The predicted octanol–water partition coefficient (Wildman–Crippen LogP) is 5.33. The number of benzene rings is 2. The molecule has 0 fully saturated rings. The van der Waals surface area contributed by atoms with E-state index >= 15 is 0 Å². The lowest BCUT2D eigenvalue weighted by molar-refractivity contribution is 0.957. The molecule has 3 heterocycles. The van der Waals surface area contributed by atoms with Gasteiger partial charge < -0.3 is 10.3 Å². The zero-order valence-corrected chi connectivity index (χ0v) is 14.4. The number of aromatic nitrogens is 2. The summed E-state index contributed by atoms with van der Waals surface area (Å²) in [6, 6.07) is 18.6. The molecule has 0 aliphatic carbocycles. The Balaban J connectivity index is 1.85. The Morgan fingerprint density at radius 2 is 1.81 bits per heavy atom.